The van der Waals surface area contributed by atoms with Gasteiger partial charge in [0, 0.05) is 25.7 Å². The molecular formula is C24H28F2N8O. The van der Waals surface area contributed by atoms with E-state index in [2.05, 4.69) is 35.5 Å². The molecule has 0 aromatic carbocycles. The third-order valence-electron chi connectivity index (χ3n) is 6.10. The van der Waals surface area contributed by atoms with Crippen LogP contribution >= 0.6 is 0 Å². The average molecular weight is 483 g/mol. The van der Waals surface area contributed by atoms with Crippen LogP contribution in [0.4, 0.5) is 31.9 Å². The highest BCUT2D eigenvalue weighted by Gasteiger charge is 2.27. The quantitative estimate of drug-likeness (QED) is 0.531. The average Bonchev–Trinajstić information content (AvgIpc) is 3.15. The summed E-state index contributed by atoms with van der Waals surface area (Å²) in [7, 11) is 0. The van der Waals surface area contributed by atoms with E-state index in [9.17, 15) is 8.78 Å². The largest absolute Gasteiger partial charge is 0.485 e. The Morgan fingerprint density at radius 1 is 1.06 bits per heavy atom. The number of nitrogens with one attached hydrogen (secondary N) is 2. The maximum absolute atomic E-state index is 14.8. The summed E-state index contributed by atoms with van der Waals surface area (Å²) in [6.45, 7) is 8.80. The van der Waals surface area contributed by atoms with Crippen molar-refractivity contribution in [3.8, 4) is 17.1 Å². The fourth-order valence-electron chi connectivity index (χ4n) is 4.33. The molecule has 0 aliphatic carbocycles. The Hall–Kier alpha value is -3.60. The van der Waals surface area contributed by atoms with Gasteiger partial charge in [-0.05, 0) is 45.0 Å². The second kappa shape index (κ2) is 9.95. The summed E-state index contributed by atoms with van der Waals surface area (Å²) in [5.74, 6) is -0.767. The number of hydrogen-bond acceptors (Lipinski definition) is 9. The molecular weight excluding hydrogens is 454 g/mol. The molecule has 3 aromatic rings. The molecule has 2 aliphatic rings. The fraction of sp³-hybridized carbons (Fsp3) is 0.417. The summed E-state index contributed by atoms with van der Waals surface area (Å²) in [6.07, 6.45) is 3.91. The first-order valence-corrected chi connectivity index (χ1v) is 11.8. The Labute approximate surface area is 202 Å². The lowest BCUT2D eigenvalue weighted by Crippen LogP contribution is -2.38. The molecule has 184 valence electrons. The van der Waals surface area contributed by atoms with Crippen LogP contribution in [0.15, 0.2) is 30.6 Å². The molecule has 0 amide bonds. The van der Waals surface area contributed by atoms with Crippen molar-refractivity contribution in [3.63, 3.8) is 0 Å². The van der Waals surface area contributed by atoms with E-state index in [1.165, 1.54) is 0 Å². The van der Waals surface area contributed by atoms with Gasteiger partial charge in [-0.15, -0.1) is 0 Å². The lowest BCUT2D eigenvalue weighted by atomic mass is 10.1. The van der Waals surface area contributed by atoms with E-state index in [0.717, 1.165) is 44.5 Å². The number of halogens is 2. The van der Waals surface area contributed by atoms with Gasteiger partial charge in [-0.2, -0.15) is 4.39 Å². The Kier molecular flexibility index (Phi) is 6.58. The number of hydrogen-bond donors (Lipinski definition) is 2. The predicted octanol–water partition coefficient (Wildman–Crippen LogP) is 3.36. The monoisotopic (exact) mass is 482 g/mol. The molecule has 0 atom stereocenters. The normalized spacial score (nSPS) is 16.0. The van der Waals surface area contributed by atoms with Crippen molar-refractivity contribution in [3.05, 3.63) is 42.4 Å². The van der Waals surface area contributed by atoms with Gasteiger partial charge in [-0.1, -0.05) is 0 Å². The van der Waals surface area contributed by atoms with Crippen LogP contribution in [0.3, 0.4) is 0 Å². The minimum Gasteiger partial charge on any atom is -0.485 e. The van der Waals surface area contributed by atoms with E-state index in [1.54, 1.807) is 12.3 Å². The number of aromatic nitrogens is 4. The molecule has 1 saturated heterocycles. The Morgan fingerprint density at radius 3 is 2.74 bits per heavy atom. The maximum Gasteiger partial charge on any atom is 0.258 e. The minimum atomic E-state index is -0.795. The van der Waals surface area contributed by atoms with Gasteiger partial charge in [-0.3, -0.25) is 0 Å². The highest BCUT2D eigenvalue weighted by atomic mass is 19.1. The molecule has 0 spiro atoms. The molecule has 0 saturated carbocycles. The first-order valence-electron chi connectivity index (χ1n) is 11.8. The third kappa shape index (κ3) is 4.95. The molecule has 5 heterocycles. The highest BCUT2D eigenvalue weighted by molar-refractivity contribution is 5.69. The van der Waals surface area contributed by atoms with Gasteiger partial charge < -0.3 is 25.2 Å². The molecule has 3 aromatic heterocycles. The summed E-state index contributed by atoms with van der Waals surface area (Å²) in [4.78, 5) is 21.0. The van der Waals surface area contributed by atoms with Gasteiger partial charge in [0.15, 0.2) is 11.6 Å². The van der Waals surface area contributed by atoms with Crippen LogP contribution in [0.5, 0.6) is 5.75 Å². The van der Waals surface area contributed by atoms with E-state index in [-0.39, 0.29) is 29.1 Å². The van der Waals surface area contributed by atoms with E-state index in [1.807, 2.05) is 30.9 Å². The van der Waals surface area contributed by atoms with Crippen molar-refractivity contribution in [1.29, 1.82) is 0 Å². The molecule has 2 N–H and O–H groups in total. The van der Waals surface area contributed by atoms with Crippen molar-refractivity contribution >= 4 is 23.1 Å². The molecule has 9 nitrogen and oxygen atoms in total. The van der Waals surface area contributed by atoms with Crippen LogP contribution in [0.1, 0.15) is 20.3 Å². The van der Waals surface area contributed by atoms with Crippen LogP contribution in [-0.4, -0.2) is 65.3 Å². The topological polar surface area (TPSA) is 91.3 Å². The maximum atomic E-state index is 14.8. The van der Waals surface area contributed by atoms with Crippen LogP contribution in [0.2, 0.25) is 0 Å². The third-order valence-corrected chi connectivity index (χ3v) is 6.10. The van der Waals surface area contributed by atoms with Crippen LogP contribution in [-0.2, 0) is 0 Å². The van der Waals surface area contributed by atoms with Crippen LogP contribution in [0, 0.1) is 11.8 Å². The molecule has 2 aliphatic heterocycles. The van der Waals surface area contributed by atoms with Crippen molar-refractivity contribution in [2.45, 2.75) is 26.3 Å². The Bertz CT molecular complexity index is 1180. The minimum absolute atomic E-state index is 0.0680. The molecule has 11 heteroatoms. The summed E-state index contributed by atoms with van der Waals surface area (Å²) in [6, 6.07) is 5.52. The number of pyridine rings is 2. The standard InChI is InChI=1S/C24H28F2N8O/c1-15(2)34-10-11-35-22-19(34)12-18(30-23(22)26)21-17(25)14-29-24(32-21)31-20-5-4-16(13-28-20)33-8-3-6-27-7-9-33/h4-5,12-15,27H,3,6-11H2,1-2H3,(H,28,29,31,32). The number of anilines is 4. The predicted molar refractivity (Wildman–Crippen MR) is 130 cm³/mol. The fourth-order valence-corrected chi connectivity index (χ4v) is 4.33. The molecule has 5 rings (SSSR count). The lowest BCUT2D eigenvalue weighted by molar-refractivity contribution is 0.283. The summed E-state index contributed by atoms with van der Waals surface area (Å²) in [5, 5.41) is 6.38. The summed E-state index contributed by atoms with van der Waals surface area (Å²) < 4.78 is 35.0. The van der Waals surface area contributed by atoms with Crippen LogP contribution < -0.4 is 25.2 Å². The van der Waals surface area contributed by atoms with Crippen molar-refractivity contribution in [1.82, 2.24) is 25.3 Å². The van der Waals surface area contributed by atoms with E-state index in [0.29, 0.717) is 24.7 Å². The van der Waals surface area contributed by atoms with E-state index < -0.39 is 11.8 Å². The summed E-state index contributed by atoms with van der Waals surface area (Å²) >= 11 is 0. The molecule has 0 unspecified atom stereocenters. The number of nitrogens with zero attached hydrogens (tertiary/aromatic N) is 6. The van der Waals surface area contributed by atoms with Gasteiger partial charge in [0.1, 0.15) is 18.1 Å². The zero-order valence-electron chi connectivity index (χ0n) is 19.8. The zero-order valence-corrected chi connectivity index (χ0v) is 19.8. The van der Waals surface area contributed by atoms with Gasteiger partial charge in [0.05, 0.1) is 36.0 Å². The summed E-state index contributed by atoms with van der Waals surface area (Å²) in [5.41, 5.74) is 1.53. The smallest absolute Gasteiger partial charge is 0.258 e. The molecule has 0 bridgehead atoms. The van der Waals surface area contributed by atoms with Crippen molar-refractivity contribution in [2.24, 2.45) is 0 Å². The van der Waals surface area contributed by atoms with Gasteiger partial charge in [0.25, 0.3) is 5.95 Å². The first-order chi connectivity index (χ1) is 17.0. The Morgan fingerprint density at radius 2 is 1.94 bits per heavy atom. The number of fused-ring (bicyclic) bond motifs is 1. The van der Waals surface area contributed by atoms with Gasteiger partial charge in [0.2, 0.25) is 5.95 Å². The Balaban J connectivity index is 1.40. The van der Waals surface area contributed by atoms with Gasteiger partial charge >= 0.3 is 0 Å². The number of ether oxygens (including phenoxy) is 1. The molecule has 1 fully saturated rings. The van der Waals surface area contributed by atoms with E-state index in [4.69, 9.17) is 4.74 Å². The van der Waals surface area contributed by atoms with E-state index >= 15 is 0 Å². The lowest BCUT2D eigenvalue weighted by Gasteiger charge is -2.34. The highest BCUT2D eigenvalue weighted by Crippen LogP contribution is 2.37. The number of rotatable bonds is 5. The van der Waals surface area contributed by atoms with Crippen LogP contribution in [0.25, 0.3) is 11.4 Å². The van der Waals surface area contributed by atoms with Crippen molar-refractivity contribution in [2.75, 3.05) is 54.4 Å². The zero-order chi connectivity index (χ0) is 24.4. The second-order valence-corrected chi connectivity index (χ2v) is 8.79. The first kappa shape index (κ1) is 23.2. The molecule has 35 heavy (non-hydrogen) atoms. The molecule has 0 radical (unpaired) electrons. The van der Waals surface area contributed by atoms with Gasteiger partial charge in [-0.25, -0.2) is 24.3 Å². The SMILES string of the molecule is CC(C)N1CCOc2c1cc(-c1nc(Nc3ccc(N4CCCNCC4)cn3)ncc1F)nc2F. The second-order valence-electron chi connectivity index (χ2n) is 8.79. The van der Waals surface area contributed by atoms with Crippen molar-refractivity contribution < 1.29 is 13.5 Å².